The van der Waals surface area contributed by atoms with E-state index in [0.717, 1.165) is 11.2 Å². The first-order valence-electron chi connectivity index (χ1n) is 3.16. The van der Waals surface area contributed by atoms with Gasteiger partial charge in [-0.25, -0.2) is 4.98 Å². The van der Waals surface area contributed by atoms with Gasteiger partial charge in [0.25, 0.3) is 0 Å². The second-order valence-electron chi connectivity index (χ2n) is 1.90. The summed E-state index contributed by atoms with van der Waals surface area (Å²) < 4.78 is 5.49. The van der Waals surface area contributed by atoms with Gasteiger partial charge in [0.05, 0.1) is 11.6 Å². The van der Waals surface area contributed by atoms with Crippen molar-refractivity contribution < 1.29 is 9.45 Å². The van der Waals surface area contributed by atoms with E-state index in [1.54, 1.807) is 0 Å². The van der Waals surface area contributed by atoms with Gasteiger partial charge in [0.1, 0.15) is 9.48 Å². The van der Waals surface area contributed by atoms with Crippen LogP contribution in [0.1, 0.15) is 9.67 Å². The monoisotopic (exact) mass is 248 g/mol. The summed E-state index contributed by atoms with van der Waals surface area (Å²) in [4.78, 5) is 15.8. The Bertz CT molecular complexity index is 280. The number of aldehydes is 1. The zero-order valence-corrected chi connectivity index (χ0v) is 8.52. The number of aromatic nitrogens is 1. The van der Waals surface area contributed by atoms with E-state index in [-0.39, 0.29) is 6.73 Å². The molecule has 0 aliphatic rings. The third-order valence-corrected chi connectivity index (χ3v) is 2.93. The average molecular weight is 249 g/mol. The molecule has 1 heterocycles. The first-order chi connectivity index (χ1) is 5.77. The van der Waals surface area contributed by atoms with Crippen LogP contribution in [0.2, 0.25) is 0 Å². The quantitative estimate of drug-likeness (QED) is 0.449. The number of hydrogen-bond acceptors (Lipinski definition) is 5. The zero-order chi connectivity index (χ0) is 8.97. The second kappa shape index (κ2) is 4.71. The predicted octanol–water partition coefficient (Wildman–Crippen LogP) is -0.372. The molecule has 7 heteroatoms. The Morgan fingerprint density at radius 3 is 3.08 bits per heavy atom. The smallest absolute Gasteiger partial charge is 0.342 e. The molecule has 0 spiro atoms. The van der Waals surface area contributed by atoms with Gasteiger partial charge < -0.3 is 10.4 Å². The molecule has 0 bridgehead atoms. The summed E-state index contributed by atoms with van der Waals surface area (Å²) in [7, 11) is 0.355. The lowest BCUT2D eigenvalue weighted by Crippen LogP contribution is -2.20. The molecule has 0 atom stereocenters. The van der Waals surface area contributed by atoms with Gasteiger partial charge in [-0.1, -0.05) is 0 Å². The van der Waals surface area contributed by atoms with Crippen LogP contribution in [0, 0.1) is 0 Å². The van der Waals surface area contributed by atoms with Crippen molar-refractivity contribution in [3.05, 3.63) is 9.48 Å². The highest BCUT2D eigenvalue weighted by Gasteiger charge is 2.08. The van der Waals surface area contributed by atoms with Crippen LogP contribution in [0.4, 0.5) is 0 Å². The summed E-state index contributed by atoms with van der Waals surface area (Å²) in [5, 5.41) is 0. The minimum absolute atomic E-state index is 0.160. The molecule has 4 nitrogen and oxygen atoms in total. The van der Waals surface area contributed by atoms with Crippen LogP contribution in [0.3, 0.4) is 0 Å². The van der Waals surface area contributed by atoms with Crippen molar-refractivity contribution in [2.24, 2.45) is 5.73 Å². The van der Waals surface area contributed by atoms with E-state index in [9.17, 15) is 4.79 Å². The highest BCUT2D eigenvalue weighted by atomic mass is 79.9. The number of thiazole rings is 1. The van der Waals surface area contributed by atoms with E-state index in [4.69, 9.17) is 10.4 Å². The van der Waals surface area contributed by atoms with E-state index in [2.05, 4.69) is 20.9 Å². The SMILES string of the molecule is NCOBc1nc(Br)c(C=O)s1. The van der Waals surface area contributed by atoms with Crippen LogP contribution >= 0.6 is 27.3 Å². The summed E-state index contributed by atoms with van der Waals surface area (Å²) in [6.07, 6.45) is 0.758. The molecule has 0 aliphatic heterocycles. The van der Waals surface area contributed by atoms with Crippen LogP contribution < -0.4 is 10.6 Å². The zero-order valence-electron chi connectivity index (χ0n) is 6.12. The molecule has 0 aliphatic carbocycles. The van der Waals surface area contributed by atoms with Crippen LogP contribution in [0.5, 0.6) is 0 Å². The molecule has 0 saturated carbocycles. The third kappa shape index (κ3) is 2.38. The lowest BCUT2D eigenvalue weighted by Gasteiger charge is -1.91. The third-order valence-electron chi connectivity index (χ3n) is 1.10. The van der Waals surface area contributed by atoms with Crippen LogP contribution in [0.15, 0.2) is 4.60 Å². The highest BCUT2D eigenvalue weighted by molar-refractivity contribution is 9.10. The topological polar surface area (TPSA) is 65.2 Å². The van der Waals surface area contributed by atoms with E-state index in [1.807, 2.05) is 0 Å². The summed E-state index contributed by atoms with van der Waals surface area (Å²) >= 11 is 4.44. The highest BCUT2D eigenvalue weighted by Crippen LogP contribution is 2.14. The maximum atomic E-state index is 10.4. The average Bonchev–Trinajstić information content (AvgIpc) is 2.43. The number of rotatable bonds is 4. The van der Waals surface area contributed by atoms with Crippen LogP contribution in [0.25, 0.3) is 0 Å². The van der Waals surface area contributed by atoms with Crippen LogP contribution in [-0.4, -0.2) is 25.5 Å². The van der Waals surface area contributed by atoms with Gasteiger partial charge in [0.2, 0.25) is 0 Å². The number of hydrogen-bond donors (Lipinski definition) is 1. The molecular formula is C5H6BBrN2O2S. The Hall–Kier alpha value is -0.235. The van der Waals surface area contributed by atoms with Gasteiger partial charge in [0.15, 0.2) is 6.29 Å². The fourth-order valence-electron chi connectivity index (χ4n) is 0.637. The molecule has 0 saturated heterocycles. The van der Waals surface area contributed by atoms with Gasteiger partial charge in [-0.15, -0.1) is 11.3 Å². The molecule has 0 fully saturated rings. The Morgan fingerprint density at radius 1 is 1.83 bits per heavy atom. The molecule has 2 N–H and O–H groups in total. The molecule has 0 unspecified atom stereocenters. The summed E-state index contributed by atoms with van der Waals surface area (Å²) in [6.45, 7) is 0.160. The summed E-state index contributed by atoms with van der Waals surface area (Å²) in [6, 6.07) is 0. The van der Waals surface area contributed by atoms with E-state index in [0.29, 0.717) is 17.0 Å². The van der Waals surface area contributed by atoms with Gasteiger partial charge in [-0.3, -0.25) is 4.79 Å². The Balaban J connectivity index is 2.68. The minimum atomic E-state index is 0.160. The molecule has 0 aromatic carbocycles. The molecule has 0 radical (unpaired) electrons. The van der Waals surface area contributed by atoms with Gasteiger partial charge in [-0.2, -0.15) is 0 Å². The van der Waals surface area contributed by atoms with Gasteiger partial charge in [-0.05, 0) is 15.9 Å². The van der Waals surface area contributed by atoms with Crippen molar-refractivity contribution in [3.8, 4) is 0 Å². The van der Waals surface area contributed by atoms with Crippen molar-refractivity contribution in [1.82, 2.24) is 4.98 Å². The van der Waals surface area contributed by atoms with Crippen molar-refractivity contribution in [1.29, 1.82) is 0 Å². The summed E-state index contributed by atoms with van der Waals surface area (Å²) in [5.41, 5.74) is 5.13. The molecule has 1 aromatic heterocycles. The van der Waals surface area contributed by atoms with E-state index >= 15 is 0 Å². The first kappa shape index (κ1) is 9.85. The predicted molar refractivity (Wildman–Crippen MR) is 52.1 cm³/mol. The Morgan fingerprint density at radius 2 is 2.58 bits per heavy atom. The number of nitrogens with zero attached hydrogens (tertiary/aromatic N) is 1. The fourth-order valence-corrected chi connectivity index (χ4v) is 2.02. The molecule has 1 rings (SSSR count). The Kier molecular flexibility index (Phi) is 3.86. The first-order valence-corrected chi connectivity index (χ1v) is 4.77. The molecule has 0 amide bonds. The van der Waals surface area contributed by atoms with Crippen LogP contribution in [-0.2, 0) is 4.65 Å². The standard InChI is InChI=1S/C5H6BBrN2O2S/c7-4-3(1-10)12-5(9-4)6-11-2-8/h1,6H,2,8H2. The Labute approximate surface area is 82.5 Å². The second-order valence-corrected chi connectivity index (χ2v) is 3.76. The molecular weight excluding hydrogens is 243 g/mol. The molecule has 1 aromatic rings. The maximum Gasteiger partial charge on any atom is 0.342 e. The lowest BCUT2D eigenvalue weighted by molar-refractivity contribution is 0.112. The molecule has 12 heavy (non-hydrogen) atoms. The van der Waals surface area contributed by atoms with Crippen molar-refractivity contribution >= 4 is 45.9 Å². The number of carbonyl (C=O) groups is 1. The number of halogens is 1. The van der Waals surface area contributed by atoms with Gasteiger partial charge >= 0.3 is 7.48 Å². The fraction of sp³-hybridized carbons (Fsp3) is 0.200. The minimum Gasteiger partial charge on any atom is -0.420 e. The van der Waals surface area contributed by atoms with E-state index in [1.165, 1.54) is 11.3 Å². The number of nitrogens with two attached hydrogens (primary N) is 1. The van der Waals surface area contributed by atoms with Crippen molar-refractivity contribution in [3.63, 3.8) is 0 Å². The van der Waals surface area contributed by atoms with Gasteiger partial charge in [0, 0.05) is 0 Å². The largest absolute Gasteiger partial charge is 0.420 e. The maximum absolute atomic E-state index is 10.4. The molecule has 64 valence electrons. The number of carbonyl (C=O) groups excluding carboxylic acids is 1. The van der Waals surface area contributed by atoms with Crippen molar-refractivity contribution in [2.45, 2.75) is 0 Å². The van der Waals surface area contributed by atoms with Crippen molar-refractivity contribution in [2.75, 3.05) is 6.73 Å². The normalized spacial score (nSPS) is 9.83. The van der Waals surface area contributed by atoms with E-state index < -0.39 is 0 Å². The summed E-state index contributed by atoms with van der Waals surface area (Å²) in [5.74, 6) is 0. The lowest BCUT2D eigenvalue weighted by atomic mass is 10.1.